The molecule has 0 fully saturated rings. The number of carbonyl (C=O) groups excluding carboxylic acids is 1. The van der Waals surface area contributed by atoms with Crippen molar-refractivity contribution in [2.24, 2.45) is 5.41 Å². The minimum absolute atomic E-state index is 0.0712. The summed E-state index contributed by atoms with van der Waals surface area (Å²) in [6.07, 6.45) is 0.989. The fraction of sp³-hybridized carbons (Fsp3) is 0.348. The minimum Gasteiger partial charge on any atom is -0.339 e. The summed E-state index contributed by atoms with van der Waals surface area (Å²) in [5.74, 6) is 1.16. The second-order valence-corrected chi connectivity index (χ2v) is 8.74. The van der Waals surface area contributed by atoms with Crippen molar-refractivity contribution >= 4 is 17.5 Å². The van der Waals surface area contributed by atoms with Gasteiger partial charge in [0.05, 0.1) is 0 Å². The third-order valence-corrected chi connectivity index (χ3v) is 4.67. The molecule has 29 heavy (non-hydrogen) atoms. The average Bonchev–Trinajstić information content (AvgIpc) is 3.14. The molecule has 1 aromatic heterocycles. The third kappa shape index (κ3) is 6.43. The number of amides is 1. The molecule has 0 spiro atoms. The van der Waals surface area contributed by atoms with Crippen LogP contribution in [0.15, 0.2) is 59.1 Å². The van der Waals surface area contributed by atoms with Gasteiger partial charge in [0.15, 0.2) is 0 Å². The zero-order valence-electron chi connectivity index (χ0n) is 17.1. The van der Waals surface area contributed by atoms with Crippen LogP contribution >= 0.6 is 11.6 Å². The van der Waals surface area contributed by atoms with E-state index in [-0.39, 0.29) is 11.3 Å². The Morgan fingerprint density at radius 2 is 1.76 bits per heavy atom. The Bertz CT molecular complexity index is 931. The standard InChI is InChI=1S/C23H26ClN3O2/c1-23(2,3)15-21(28)27(16-17-7-5-4-6-8-17)14-13-20-25-22(26-29-20)18-9-11-19(24)12-10-18/h4-12H,13-16H2,1-3H3. The van der Waals surface area contributed by atoms with E-state index in [9.17, 15) is 4.79 Å². The molecule has 0 N–H and O–H groups in total. The van der Waals surface area contributed by atoms with Gasteiger partial charge >= 0.3 is 0 Å². The van der Waals surface area contributed by atoms with Gasteiger partial charge in [-0.2, -0.15) is 4.98 Å². The third-order valence-electron chi connectivity index (χ3n) is 4.42. The Kier molecular flexibility index (Phi) is 6.70. The van der Waals surface area contributed by atoms with Crippen molar-refractivity contribution in [1.82, 2.24) is 15.0 Å². The summed E-state index contributed by atoms with van der Waals surface area (Å²) in [6, 6.07) is 17.3. The molecule has 0 atom stereocenters. The van der Waals surface area contributed by atoms with Crippen molar-refractivity contribution in [2.75, 3.05) is 6.54 Å². The number of benzene rings is 2. The maximum absolute atomic E-state index is 12.9. The van der Waals surface area contributed by atoms with Crippen molar-refractivity contribution in [3.8, 4) is 11.4 Å². The maximum Gasteiger partial charge on any atom is 0.228 e. The molecule has 1 amide bonds. The molecule has 0 saturated carbocycles. The van der Waals surface area contributed by atoms with E-state index >= 15 is 0 Å². The number of hydrogen-bond acceptors (Lipinski definition) is 4. The number of aromatic nitrogens is 2. The molecule has 152 valence electrons. The van der Waals surface area contributed by atoms with E-state index in [1.807, 2.05) is 47.4 Å². The van der Waals surface area contributed by atoms with Gasteiger partial charge in [0.25, 0.3) is 0 Å². The van der Waals surface area contributed by atoms with Crippen LogP contribution in [0.4, 0.5) is 0 Å². The first-order valence-corrected chi connectivity index (χ1v) is 10.1. The highest BCUT2D eigenvalue weighted by atomic mass is 35.5. The molecule has 3 aromatic rings. The van der Waals surface area contributed by atoms with Crippen LogP contribution in [0.3, 0.4) is 0 Å². The summed E-state index contributed by atoms with van der Waals surface area (Å²) < 4.78 is 5.40. The van der Waals surface area contributed by atoms with Crippen molar-refractivity contribution in [3.63, 3.8) is 0 Å². The molecule has 3 rings (SSSR count). The summed E-state index contributed by atoms with van der Waals surface area (Å²) in [5, 5.41) is 4.71. The van der Waals surface area contributed by atoms with Crippen LogP contribution in [-0.4, -0.2) is 27.5 Å². The zero-order chi connectivity index (χ0) is 20.9. The molecule has 0 aliphatic rings. The smallest absolute Gasteiger partial charge is 0.228 e. The summed E-state index contributed by atoms with van der Waals surface area (Å²) in [4.78, 5) is 19.2. The first-order chi connectivity index (χ1) is 13.8. The van der Waals surface area contributed by atoms with Gasteiger partial charge in [0.1, 0.15) is 0 Å². The first-order valence-electron chi connectivity index (χ1n) is 9.70. The number of carbonyl (C=O) groups is 1. The van der Waals surface area contributed by atoms with E-state index in [4.69, 9.17) is 16.1 Å². The van der Waals surface area contributed by atoms with Crippen LogP contribution in [0, 0.1) is 5.41 Å². The van der Waals surface area contributed by atoms with Gasteiger partial charge in [0.2, 0.25) is 17.6 Å². The molecule has 0 unspecified atom stereocenters. The molecular formula is C23H26ClN3O2. The summed E-state index contributed by atoms with van der Waals surface area (Å²) >= 11 is 5.93. The second kappa shape index (κ2) is 9.23. The molecule has 2 aromatic carbocycles. The molecule has 0 saturated heterocycles. The van der Waals surface area contributed by atoms with Crippen LogP contribution < -0.4 is 0 Å². The molecular weight excluding hydrogens is 386 g/mol. The van der Waals surface area contributed by atoms with Crippen molar-refractivity contribution in [2.45, 2.75) is 40.2 Å². The van der Waals surface area contributed by atoms with Gasteiger partial charge in [-0.1, -0.05) is 67.9 Å². The minimum atomic E-state index is -0.0712. The number of hydrogen-bond donors (Lipinski definition) is 0. The highest BCUT2D eigenvalue weighted by molar-refractivity contribution is 6.30. The molecule has 0 radical (unpaired) electrons. The van der Waals surface area contributed by atoms with E-state index in [0.29, 0.717) is 42.7 Å². The van der Waals surface area contributed by atoms with Crippen LogP contribution in [0.5, 0.6) is 0 Å². The van der Waals surface area contributed by atoms with E-state index in [1.165, 1.54) is 0 Å². The Morgan fingerprint density at radius 1 is 1.07 bits per heavy atom. The maximum atomic E-state index is 12.9. The Balaban J connectivity index is 1.69. The monoisotopic (exact) mass is 411 g/mol. The summed E-state index contributed by atoms with van der Waals surface area (Å²) in [7, 11) is 0. The highest BCUT2D eigenvalue weighted by Crippen LogP contribution is 2.22. The van der Waals surface area contributed by atoms with E-state index < -0.39 is 0 Å². The molecule has 0 aliphatic carbocycles. The van der Waals surface area contributed by atoms with E-state index in [2.05, 4.69) is 30.9 Å². The van der Waals surface area contributed by atoms with Gasteiger partial charge < -0.3 is 9.42 Å². The summed E-state index contributed by atoms with van der Waals surface area (Å²) in [5.41, 5.74) is 1.87. The van der Waals surface area contributed by atoms with Gasteiger partial charge in [0, 0.05) is 36.5 Å². The molecule has 0 aliphatic heterocycles. The van der Waals surface area contributed by atoms with Crippen LogP contribution in [0.1, 0.15) is 38.6 Å². The lowest BCUT2D eigenvalue weighted by molar-refractivity contribution is -0.133. The lowest BCUT2D eigenvalue weighted by atomic mass is 9.91. The lowest BCUT2D eigenvalue weighted by Crippen LogP contribution is -2.34. The topological polar surface area (TPSA) is 59.2 Å². The van der Waals surface area contributed by atoms with E-state index in [1.54, 1.807) is 12.1 Å². The molecule has 5 nitrogen and oxygen atoms in total. The van der Waals surface area contributed by atoms with Gasteiger partial charge in [-0.15, -0.1) is 0 Å². The van der Waals surface area contributed by atoms with Gasteiger partial charge in [-0.25, -0.2) is 0 Å². The number of rotatable bonds is 7. The first kappa shape index (κ1) is 21.1. The zero-order valence-corrected chi connectivity index (χ0v) is 17.8. The average molecular weight is 412 g/mol. The lowest BCUT2D eigenvalue weighted by Gasteiger charge is -2.26. The predicted octanol–water partition coefficient (Wildman–Crippen LogP) is 5.40. The van der Waals surface area contributed by atoms with Gasteiger partial charge in [-0.3, -0.25) is 4.79 Å². The number of halogens is 1. The molecule has 0 bridgehead atoms. The fourth-order valence-corrected chi connectivity index (χ4v) is 3.09. The number of nitrogens with zero attached hydrogens (tertiary/aromatic N) is 3. The summed E-state index contributed by atoms with van der Waals surface area (Å²) in [6.45, 7) is 7.30. The molecule has 1 heterocycles. The van der Waals surface area contributed by atoms with Gasteiger partial charge in [-0.05, 0) is 35.2 Å². The Labute approximate surface area is 176 Å². The highest BCUT2D eigenvalue weighted by Gasteiger charge is 2.22. The SMILES string of the molecule is CC(C)(C)CC(=O)N(CCc1nc(-c2ccc(Cl)cc2)no1)Cc1ccccc1. The van der Waals surface area contributed by atoms with Crippen molar-refractivity contribution in [3.05, 3.63) is 71.1 Å². The van der Waals surface area contributed by atoms with Crippen molar-refractivity contribution < 1.29 is 9.32 Å². The Morgan fingerprint density at radius 3 is 2.41 bits per heavy atom. The quantitative estimate of drug-likeness (QED) is 0.522. The fourth-order valence-electron chi connectivity index (χ4n) is 2.96. The van der Waals surface area contributed by atoms with E-state index in [0.717, 1.165) is 11.1 Å². The van der Waals surface area contributed by atoms with Crippen LogP contribution in [-0.2, 0) is 17.8 Å². The predicted molar refractivity (Wildman–Crippen MR) is 114 cm³/mol. The Hall–Kier alpha value is -2.66. The molecule has 6 heteroatoms. The normalized spacial score (nSPS) is 11.4. The van der Waals surface area contributed by atoms with Crippen molar-refractivity contribution in [1.29, 1.82) is 0 Å². The largest absolute Gasteiger partial charge is 0.339 e. The second-order valence-electron chi connectivity index (χ2n) is 8.31. The van der Waals surface area contributed by atoms with Crippen LogP contribution in [0.25, 0.3) is 11.4 Å². The van der Waals surface area contributed by atoms with Crippen LogP contribution in [0.2, 0.25) is 5.02 Å².